The summed E-state index contributed by atoms with van der Waals surface area (Å²) in [5.41, 5.74) is 1.42. The van der Waals surface area contributed by atoms with E-state index in [4.69, 9.17) is 28.9 Å². The van der Waals surface area contributed by atoms with Gasteiger partial charge >= 0.3 is 0 Å². The minimum atomic E-state index is -0.217. The van der Waals surface area contributed by atoms with Gasteiger partial charge in [0.1, 0.15) is 11.4 Å². The molecule has 3 rings (SSSR count). The van der Waals surface area contributed by atoms with Crippen molar-refractivity contribution in [3.63, 3.8) is 0 Å². The smallest absolute Gasteiger partial charge is 0.254 e. The summed E-state index contributed by atoms with van der Waals surface area (Å²) in [6, 6.07) is 9.37. The Morgan fingerprint density at radius 1 is 1.36 bits per heavy atom. The molecule has 0 saturated carbocycles. The number of fused-ring (bicyclic) bond motifs is 1. The number of thiophene rings is 1. The summed E-state index contributed by atoms with van der Waals surface area (Å²) >= 11 is 13.0. The molecule has 4 nitrogen and oxygen atoms in total. The fourth-order valence-electron chi connectivity index (χ4n) is 2.75. The number of nitrogens with one attached hydrogen (secondary N) is 1. The predicted molar refractivity (Wildman–Crippen MR) is 118 cm³/mol. The summed E-state index contributed by atoms with van der Waals surface area (Å²) in [6.45, 7) is 4.30. The van der Waals surface area contributed by atoms with Crippen LogP contribution in [0.3, 0.4) is 0 Å². The number of benzene rings is 1. The highest BCUT2D eigenvalue weighted by molar-refractivity contribution is 7.71. The van der Waals surface area contributed by atoms with Crippen molar-refractivity contribution < 1.29 is 9.90 Å². The summed E-state index contributed by atoms with van der Waals surface area (Å²) in [5.74, 6) is 5.36. The lowest BCUT2D eigenvalue weighted by Crippen LogP contribution is -2.24. The molecule has 3 aromatic rings. The fourth-order valence-corrected chi connectivity index (χ4v) is 4.39. The highest BCUT2D eigenvalue weighted by atomic mass is 35.5. The van der Waals surface area contributed by atoms with Gasteiger partial charge in [0.25, 0.3) is 5.91 Å². The number of aliphatic hydroxyl groups is 1. The Kier molecular flexibility index (Phi) is 6.53. The lowest BCUT2D eigenvalue weighted by molar-refractivity contribution is 0.0950. The van der Waals surface area contributed by atoms with Gasteiger partial charge in [-0.2, -0.15) is 0 Å². The molecular formula is C21H19ClN2O2S2. The average Bonchev–Trinajstić information content (AvgIpc) is 3.10. The van der Waals surface area contributed by atoms with E-state index in [1.54, 1.807) is 12.1 Å². The van der Waals surface area contributed by atoms with Crippen LogP contribution in [0, 0.1) is 16.4 Å². The lowest BCUT2D eigenvalue weighted by atomic mass is 10.2. The third-order valence-electron chi connectivity index (χ3n) is 4.16. The Bertz CT molecular complexity index is 1140. The predicted octanol–water partition coefficient (Wildman–Crippen LogP) is 4.94. The van der Waals surface area contributed by atoms with Crippen LogP contribution in [0.1, 0.15) is 40.7 Å². The van der Waals surface area contributed by atoms with Crippen molar-refractivity contribution in [1.82, 2.24) is 9.88 Å². The maximum absolute atomic E-state index is 12.8. The van der Waals surface area contributed by atoms with E-state index in [1.807, 2.05) is 29.0 Å². The van der Waals surface area contributed by atoms with Crippen molar-refractivity contribution in [2.75, 3.05) is 6.61 Å². The summed E-state index contributed by atoms with van der Waals surface area (Å²) in [6.07, 6.45) is 1.81. The first-order valence-corrected chi connectivity index (χ1v) is 10.3. The fraction of sp³-hybridized carbons (Fsp3) is 0.238. The zero-order chi connectivity index (χ0) is 20.3. The molecule has 0 aliphatic carbocycles. The van der Waals surface area contributed by atoms with Crippen molar-refractivity contribution in [3.05, 3.63) is 62.1 Å². The number of halogens is 1. The molecule has 28 heavy (non-hydrogen) atoms. The Labute approximate surface area is 177 Å². The first-order valence-electron chi connectivity index (χ1n) is 8.71. The van der Waals surface area contributed by atoms with E-state index in [-0.39, 0.29) is 18.6 Å². The number of carbonyl (C=O) groups is 1. The SMILES string of the molecule is CC(C)n1cc(C(=O)NCc2ccc(Cl)cc2)c(=S)c2cc(C#CCO)sc21. The molecule has 0 bridgehead atoms. The highest BCUT2D eigenvalue weighted by Gasteiger charge is 2.16. The van der Waals surface area contributed by atoms with Crippen LogP contribution in [-0.2, 0) is 6.54 Å². The Morgan fingerprint density at radius 2 is 2.07 bits per heavy atom. The molecule has 144 valence electrons. The second-order valence-electron chi connectivity index (χ2n) is 6.47. The molecule has 7 heteroatoms. The van der Waals surface area contributed by atoms with Crippen LogP contribution in [0.2, 0.25) is 5.02 Å². The van der Waals surface area contributed by atoms with Gasteiger partial charge in [0.05, 0.1) is 15.0 Å². The molecule has 0 spiro atoms. The molecule has 0 aliphatic heterocycles. The standard InChI is InChI=1S/C21H19ClN2O2S2/c1-13(2)24-12-18(20(26)23-11-14-5-7-15(22)8-6-14)19(27)17-10-16(4-3-9-25)28-21(17)24/h5-8,10,12-13,25H,9,11H2,1-2H3,(H,23,26). The van der Waals surface area contributed by atoms with Crippen molar-refractivity contribution in [2.45, 2.75) is 26.4 Å². The minimum Gasteiger partial charge on any atom is -0.384 e. The number of amides is 1. The quantitative estimate of drug-likeness (QED) is 0.455. The minimum absolute atomic E-state index is 0.151. The second-order valence-corrected chi connectivity index (χ2v) is 8.35. The van der Waals surface area contributed by atoms with Crippen molar-refractivity contribution in [2.24, 2.45) is 0 Å². The maximum atomic E-state index is 12.8. The van der Waals surface area contributed by atoms with E-state index >= 15 is 0 Å². The molecule has 0 radical (unpaired) electrons. The molecule has 0 saturated heterocycles. The second kappa shape index (κ2) is 8.89. The van der Waals surface area contributed by atoms with Crippen molar-refractivity contribution in [1.29, 1.82) is 0 Å². The molecule has 0 atom stereocenters. The number of rotatable bonds is 4. The Hall–Kier alpha value is -2.17. The van der Waals surface area contributed by atoms with Gasteiger partial charge in [-0.25, -0.2) is 0 Å². The van der Waals surface area contributed by atoms with Crippen LogP contribution in [0.4, 0.5) is 0 Å². The number of carbonyl (C=O) groups excluding carboxylic acids is 1. The molecular weight excluding hydrogens is 412 g/mol. The van der Waals surface area contributed by atoms with Gasteiger partial charge in [-0.15, -0.1) is 11.3 Å². The van der Waals surface area contributed by atoms with Crippen molar-refractivity contribution in [3.8, 4) is 11.8 Å². The first kappa shape index (κ1) is 20.6. The third-order valence-corrected chi connectivity index (χ3v) is 5.92. The molecule has 0 unspecified atom stereocenters. The molecule has 2 aromatic heterocycles. The molecule has 0 fully saturated rings. The van der Waals surface area contributed by atoms with Crippen LogP contribution < -0.4 is 5.32 Å². The topological polar surface area (TPSA) is 54.3 Å². The lowest BCUT2D eigenvalue weighted by Gasteiger charge is -2.15. The molecule has 1 amide bonds. The summed E-state index contributed by atoms with van der Waals surface area (Å²) in [5, 5.41) is 13.3. The van der Waals surface area contributed by atoms with E-state index in [0.29, 0.717) is 21.6 Å². The normalized spacial score (nSPS) is 10.8. The zero-order valence-corrected chi connectivity index (χ0v) is 17.8. The molecule has 1 aromatic carbocycles. The van der Waals surface area contributed by atoms with Crippen LogP contribution in [0.25, 0.3) is 10.2 Å². The summed E-state index contributed by atoms with van der Waals surface area (Å²) in [4.78, 5) is 14.6. The van der Waals surface area contributed by atoms with Gasteiger partial charge in [-0.1, -0.05) is 47.8 Å². The van der Waals surface area contributed by atoms with E-state index in [9.17, 15) is 4.79 Å². The van der Waals surface area contributed by atoms with Gasteiger partial charge in [-0.05, 0) is 37.6 Å². The summed E-state index contributed by atoms with van der Waals surface area (Å²) < 4.78 is 2.55. The number of aliphatic hydroxyl groups excluding tert-OH is 1. The highest BCUT2D eigenvalue weighted by Crippen LogP contribution is 2.30. The maximum Gasteiger partial charge on any atom is 0.254 e. The average molecular weight is 431 g/mol. The van der Waals surface area contributed by atoms with Gasteiger partial charge in [0.15, 0.2) is 0 Å². The number of hydrogen-bond donors (Lipinski definition) is 2. The number of pyridine rings is 1. The Balaban J connectivity index is 1.97. The van der Waals surface area contributed by atoms with Crippen LogP contribution in [-0.4, -0.2) is 22.2 Å². The van der Waals surface area contributed by atoms with Gasteiger partial charge < -0.3 is 15.0 Å². The van der Waals surface area contributed by atoms with E-state index in [1.165, 1.54) is 11.3 Å². The zero-order valence-electron chi connectivity index (χ0n) is 15.5. The van der Waals surface area contributed by atoms with E-state index in [0.717, 1.165) is 20.7 Å². The molecule has 2 heterocycles. The number of hydrogen-bond acceptors (Lipinski definition) is 4. The van der Waals surface area contributed by atoms with Crippen molar-refractivity contribution >= 4 is 51.3 Å². The summed E-state index contributed by atoms with van der Waals surface area (Å²) in [7, 11) is 0. The number of aromatic nitrogens is 1. The van der Waals surface area contributed by atoms with Gasteiger partial charge in [-0.3, -0.25) is 4.79 Å². The first-order chi connectivity index (χ1) is 13.4. The molecule has 0 aliphatic rings. The van der Waals surface area contributed by atoms with Crippen LogP contribution >= 0.6 is 35.2 Å². The van der Waals surface area contributed by atoms with E-state index < -0.39 is 0 Å². The van der Waals surface area contributed by atoms with Crippen LogP contribution in [0.5, 0.6) is 0 Å². The van der Waals surface area contributed by atoms with Crippen LogP contribution in [0.15, 0.2) is 36.5 Å². The van der Waals surface area contributed by atoms with E-state index in [2.05, 4.69) is 31.0 Å². The van der Waals surface area contributed by atoms with Gasteiger partial charge in [0.2, 0.25) is 0 Å². The number of nitrogens with zero attached hydrogens (tertiary/aromatic N) is 1. The monoisotopic (exact) mass is 430 g/mol. The van der Waals surface area contributed by atoms with Gasteiger partial charge in [0, 0.05) is 29.2 Å². The largest absolute Gasteiger partial charge is 0.384 e. The Morgan fingerprint density at radius 3 is 2.71 bits per heavy atom. The molecule has 2 N–H and O–H groups in total. The third kappa shape index (κ3) is 4.45.